The molecule has 0 saturated carbocycles. The van der Waals surface area contributed by atoms with Gasteiger partial charge in [-0.05, 0) is 25.7 Å². The Morgan fingerprint density at radius 2 is 1.92 bits per heavy atom. The van der Waals surface area contributed by atoms with Crippen LogP contribution in [0.5, 0.6) is 0 Å². The van der Waals surface area contributed by atoms with Gasteiger partial charge in [0.25, 0.3) is 0 Å². The van der Waals surface area contributed by atoms with Crippen molar-refractivity contribution in [1.29, 1.82) is 0 Å². The SMILES string of the molecule is C=CC(O)CC/C=C/CCCO. The monoisotopic (exact) mass is 170 g/mol. The second-order valence-electron chi connectivity index (χ2n) is 2.72. The molecule has 0 radical (unpaired) electrons. The van der Waals surface area contributed by atoms with Gasteiger partial charge in [0.1, 0.15) is 0 Å². The summed E-state index contributed by atoms with van der Waals surface area (Å²) in [6, 6.07) is 0. The van der Waals surface area contributed by atoms with Crippen molar-refractivity contribution >= 4 is 0 Å². The van der Waals surface area contributed by atoms with Crippen LogP contribution in [0.1, 0.15) is 25.7 Å². The fourth-order valence-electron chi connectivity index (χ4n) is 0.830. The predicted molar refractivity (Wildman–Crippen MR) is 50.9 cm³/mol. The minimum Gasteiger partial charge on any atom is -0.396 e. The molecule has 0 aromatic carbocycles. The second-order valence-corrected chi connectivity index (χ2v) is 2.72. The van der Waals surface area contributed by atoms with Gasteiger partial charge in [-0.2, -0.15) is 0 Å². The Morgan fingerprint density at radius 3 is 2.50 bits per heavy atom. The van der Waals surface area contributed by atoms with Crippen LogP contribution in [0.15, 0.2) is 24.8 Å². The van der Waals surface area contributed by atoms with E-state index in [1.54, 1.807) is 6.08 Å². The molecule has 0 spiro atoms. The van der Waals surface area contributed by atoms with Crippen molar-refractivity contribution in [2.75, 3.05) is 6.61 Å². The Bertz CT molecular complexity index is 130. The molecular weight excluding hydrogens is 152 g/mol. The number of aliphatic hydroxyl groups is 2. The lowest BCUT2D eigenvalue weighted by Gasteiger charge is -1.99. The summed E-state index contributed by atoms with van der Waals surface area (Å²) in [6.45, 7) is 3.73. The van der Waals surface area contributed by atoms with Gasteiger partial charge in [-0.15, -0.1) is 6.58 Å². The molecule has 0 aliphatic carbocycles. The van der Waals surface area contributed by atoms with E-state index in [1.807, 2.05) is 12.2 Å². The zero-order valence-electron chi connectivity index (χ0n) is 7.45. The maximum absolute atomic E-state index is 9.07. The maximum Gasteiger partial charge on any atom is 0.0721 e. The van der Waals surface area contributed by atoms with Gasteiger partial charge in [0.05, 0.1) is 6.10 Å². The van der Waals surface area contributed by atoms with Gasteiger partial charge >= 0.3 is 0 Å². The first-order valence-electron chi connectivity index (χ1n) is 4.37. The molecule has 2 heteroatoms. The molecule has 70 valence electrons. The number of hydrogen-bond acceptors (Lipinski definition) is 2. The molecule has 0 fully saturated rings. The number of rotatable bonds is 7. The van der Waals surface area contributed by atoms with Crippen LogP contribution in [-0.2, 0) is 0 Å². The third kappa shape index (κ3) is 7.51. The fourth-order valence-corrected chi connectivity index (χ4v) is 0.830. The summed E-state index contributed by atoms with van der Waals surface area (Å²) in [4.78, 5) is 0. The molecule has 0 heterocycles. The molecule has 0 aliphatic rings. The van der Waals surface area contributed by atoms with Crippen molar-refractivity contribution in [3.8, 4) is 0 Å². The van der Waals surface area contributed by atoms with Crippen molar-refractivity contribution in [3.05, 3.63) is 24.8 Å². The van der Waals surface area contributed by atoms with Gasteiger partial charge in [0.2, 0.25) is 0 Å². The summed E-state index contributed by atoms with van der Waals surface area (Å²) in [5.74, 6) is 0. The molecule has 0 aromatic rings. The van der Waals surface area contributed by atoms with E-state index in [2.05, 4.69) is 6.58 Å². The quantitative estimate of drug-likeness (QED) is 0.450. The van der Waals surface area contributed by atoms with E-state index < -0.39 is 0 Å². The molecule has 0 aromatic heterocycles. The normalized spacial score (nSPS) is 13.5. The highest BCUT2D eigenvalue weighted by Crippen LogP contribution is 1.99. The number of allylic oxidation sites excluding steroid dienone is 2. The van der Waals surface area contributed by atoms with Gasteiger partial charge < -0.3 is 10.2 Å². The first kappa shape index (κ1) is 11.4. The Balaban J connectivity index is 3.18. The highest BCUT2D eigenvalue weighted by Gasteiger charge is 1.93. The second kappa shape index (κ2) is 8.50. The van der Waals surface area contributed by atoms with E-state index in [-0.39, 0.29) is 12.7 Å². The van der Waals surface area contributed by atoms with Crippen molar-refractivity contribution in [2.24, 2.45) is 0 Å². The molecule has 12 heavy (non-hydrogen) atoms. The van der Waals surface area contributed by atoms with Crippen LogP contribution in [0.3, 0.4) is 0 Å². The summed E-state index contributed by atoms with van der Waals surface area (Å²) in [7, 11) is 0. The Hall–Kier alpha value is -0.600. The molecule has 1 unspecified atom stereocenters. The van der Waals surface area contributed by atoms with Crippen LogP contribution in [-0.4, -0.2) is 22.9 Å². The average Bonchev–Trinajstić information content (AvgIpc) is 2.10. The van der Waals surface area contributed by atoms with Crippen LogP contribution >= 0.6 is 0 Å². The minimum absolute atomic E-state index is 0.250. The lowest BCUT2D eigenvalue weighted by atomic mass is 10.2. The average molecular weight is 170 g/mol. The van der Waals surface area contributed by atoms with Crippen molar-refractivity contribution in [1.82, 2.24) is 0 Å². The highest BCUT2D eigenvalue weighted by atomic mass is 16.3. The van der Waals surface area contributed by atoms with Crippen LogP contribution in [0.2, 0.25) is 0 Å². The fraction of sp³-hybridized carbons (Fsp3) is 0.600. The Labute approximate surface area is 74.2 Å². The van der Waals surface area contributed by atoms with Crippen molar-refractivity contribution < 1.29 is 10.2 Å². The van der Waals surface area contributed by atoms with Gasteiger partial charge in [0, 0.05) is 6.61 Å². The van der Waals surface area contributed by atoms with E-state index in [0.29, 0.717) is 0 Å². The first-order valence-corrected chi connectivity index (χ1v) is 4.37. The molecule has 1 atom stereocenters. The maximum atomic E-state index is 9.07. The standard InChI is InChI=1S/C10H18O2/c1-2-10(12)8-6-4-3-5-7-9-11/h2-4,10-12H,1,5-9H2/b4-3+. The lowest BCUT2D eigenvalue weighted by Crippen LogP contribution is -1.99. The number of unbranched alkanes of at least 4 members (excludes halogenated alkanes) is 1. The number of aliphatic hydroxyl groups excluding tert-OH is 2. The van der Waals surface area contributed by atoms with E-state index in [0.717, 1.165) is 25.7 Å². The molecule has 0 amide bonds. The van der Waals surface area contributed by atoms with Crippen LogP contribution in [0.4, 0.5) is 0 Å². The van der Waals surface area contributed by atoms with Gasteiger partial charge in [-0.25, -0.2) is 0 Å². The summed E-state index contributed by atoms with van der Waals surface area (Å²) < 4.78 is 0. The molecular formula is C10H18O2. The Morgan fingerprint density at radius 1 is 1.25 bits per heavy atom. The van der Waals surface area contributed by atoms with E-state index in [1.165, 1.54) is 0 Å². The smallest absolute Gasteiger partial charge is 0.0721 e. The Kier molecular flexibility index (Phi) is 8.07. The minimum atomic E-state index is -0.382. The van der Waals surface area contributed by atoms with Gasteiger partial charge in [0.15, 0.2) is 0 Å². The predicted octanol–water partition coefficient (Wildman–Crippen LogP) is 1.64. The topological polar surface area (TPSA) is 40.5 Å². The van der Waals surface area contributed by atoms with Crippen LogP contribution in [0.25, 0.3) is 0 Å². The largest absolute Gasteiger partial charge is 0.396 e. The van der Waals surface area contributed by atoms with Crippen LogP contribution in [0, 0.1) is 0 Å². The summed E-state index contributed by atoms with van der Waals surface area (Å²) in [5, 5.41) is 17.5. The molecule has 2 nitrogen and oxygen atoms in total. The van der Waals surface area contributed by atoms with Crippen LogP contribution < -0.4 is 0 Å². The molecule has 0 saturated heterocycles. The third-order valence-electron chi connectivity index (χ3n) is 1.60. The lowest BCUT2D eigenvalue weighted by molar-refractivity contribution is 0.214. The molecule has 0 rings (SSSR count). The van der Waals surface area contributed by atoms with E-state index in [9.17, 15) is 0 Å². The summed E-state index contributed by atoms with van der Waals surface area (Å²) >= 11 is 0. The molecule has 0 bridgehead atoms. The van der Waals surface area contributed by atoms with Crippen molar-refractivity contribution in [3.63, 3.8) is 0 Å². The summed E-state index contributed by atoms with van der Waals surface area (Å²) in [5.41, 5.74) is 0. The third-order valence-corrected chi connectivity index (χ3v) is 1.60. The molecule has 2 N–H and O–H groups in total. The zero-order chi connectivity index (χ0) is 9.23. The number of hydrogen-bond donors (Lipinski definition) is 2. The van der Waals surface area contributed by atoms with Gasteiger partial charge in [-0.1, -0.05) is 18.2 Å². The molecule has 0 aliphatic heterocycles. The van der Waals surface area contributed by atoms with E-state index >= 15 is 0 Å². The van der Waals surface area contributed by atoms with Gasteiger partial charge in [-0.3, -0.25) is 0 Å². The first-order chi connectivity index (χ1) is 5.81. The van der Waals surface area contributed by atoms with Crippen molar-refractivity contribution in [2.45, 2.75) is 31.8 Å². The summed E-state index contributed by atoms with van der Waals surface area (Å²) in [6.07, 6.45) is 8.57. The zero-order valence-corrected chi connectivity index (χ0v) is 7.45. The van der Waals surface area contributed by atoms with E-state index in [4.69, 9.17) is 10.2 Å². The highest BCUT2D eigenvalue weighted by molar-refractivity contribution is 4.85.